The Morgan fingerprint density at radius 2 is 1.76 bits per heavy atom. The van der Waals surface area contributed by atoms with Crippen LogP contribution in [0.5, 0.6) is 5.75 Å². The molecule has 5 heteroatoms. The maximum Gasteiger partial charge on any atom is 0.336 e. The smallest absolute Gasteiger partial charge is 0.336 e. The monoisotopic (exact) mass is 348 g/mol. The summed E-state index contributed by atoms with van der Waals surface area (Å²) in [7, 11) is 0. The fourth-order valence-corrected chi connectivity index (χ4v) is 2.11. The highest BCUT2D eigenvalue weighted by atomic mass is 79.9. The lowest BCUT2D eigenvalue weighted by Gasteiger charge is -2.09. The zero-order valence-electron chi connectivity index (χ0n) is 11.3. The predicted molar refractivity (Wildman–Crippen MR) is 81.9 cm³/mol. The van der Waals surface area contributed by atoms with Gasteiger partial charge in [-0.2, -0.15) is 0 Å². The van der Waals surface area contributed by atoms with Crippen LogP contribution in [0, 0.1) is 0 Å². The van der Waals surface area contributed by atoms with E-state index in [2.05, 4.69) is 15.9 Å². The van der Waals surface area contributed by atoms with Crippen molar-refractivity contribution in [3.8, 4) is 5.75 Å². The summed E-state index contributed by atoms with van der Waals surface area (Å²) >= 11 is 3.35. The number of Topliss-reactive ketones (excluding diaryl/α,β-unsaturated/α-hetero) is 1. The third-order valence-corrected chi connectivity index (χ3v) is 3.45. The molecule has 21 heavy (non-hydrogen) atoms. The van der Waals surface area contributed by atoms with Crippen LogP contribution < -0.4 is 4.74 Å². The zero-order valence-corrected chi connectivity index (χ0v) is 12.9. The topological polar surface area (TPSA) is 63.6 Å². The number of carboxylic acids is 1. The highest BCUT2D eigenvalue weighted by Gasteiger charge is 2.14. The van der Waals surface area contributed by atoms with Crippen molar-refractivity contribution in [1.82, 2.24) is 0 Å². The zero-order chi connectivity index (χ0) is 15.4. The van der Waals surface area contributed by atoms with Crippen LogP contribution in [0.15, 0.2) is 46.9 Å². The largest absolute Gasteiger partial charge is 0.489 e. The van der Waals surface area contributed by atoms with E-state index in [4.69, 9.17) is 9.84 Å². The Morgan fingerprint density at radius 3 is 2.33 bits per heavy atom. The molecule has 2 rings (SSSR count). The van der Waals surface area contributed by atoms with E-state index in [-0.39, 0.29) is 16.9 Å². The third-order valence-electron chi connectivity index (χ3n) is 2.92. The van der Waals surface area contributed by atoms with E-state index in [1.807, 2.05) is 24.3 Å². The molecule has 0 aliphatic rings. The van der Waals surface area contributed by atoms with Crippen molar-refractivity contribution < 1.29 is 19.4 Å². The first-order valence-corrected chi connectivity index (χ1v) is 7.02. The fraction of sp³-hybridized carbons (Fsp3) is 0.125. The normalized spacial score (nSPS) is 10.2. The molecule has 0 saturated carbocycles. The Labute approximate surface area is 130 Å². The molecule has 0 radical (unpaired) electrons. The van der Waals surface area contributed by atoms with E-state index >= 15 is 0 Å². The second-order valence-corrected chi connectivity index (χ2v) is 5.40. The lowest BCUT2D eigenvalue weighted by atomic mass is 10.0. The molecular weight excluding hydrogens is 336 g/mol. The van der Waals surface area contributed by atoms with E-state index in [0.29, 0.717) is 12.4 Å². The minimum atomic E-state index is -1.14. The number of hydrogen-bond donors (Lipinski definition) is 1. The molecular formula is C16H13BrO4. The van der Waals surface area contributed by atoms with Gasteiger partial charge in [-0.15, -0.1) is 0 Å². The number of halogens is 1. The molecule has 0 aliphatic heterocycles. The fourth-order valence-electron chi connectivity index (χ4n) is 1.84. The van der Waals surface area contributed by atoms with Crippen molar-refractivity contribution in [2.24, 2.45) is 0 Å². The Bertz CT molecular complexity index is 677. The minimum absolute atomic E-state index is 0.0455. The first kappa shape index (κ1) is 15.3. The predicted octanol–water partition coefficient (Wildman–Crippen LogP) is 3.93. The number of aromatic carboxylic acids is 1. The van der Waals surface area contributed by atoms with Crippen molar-refractivity contribution >= 4 is 27.7 Å². The molecule has 0 unspecified atom stereocenters. The highest BCUT2D eigenvalue weighted by Crippen LogP contribution is 2.20. The van der Waals surface area contributed by atoms with Gasteiger partial charge in [0.15, 0.2) is 5.78 Å². The number of carbonyl (C=O) groups excluding carboxylic acids is 1. The first-order valence-electron chi connectivity index (χ1n) is 6.23. The van der Waals surface area contributed by atoms with E-state index in [1.54, 1.807) is 6.07 Å². The van der Waals surface area contributed by atoms with Crippen LogP contribution in [-0.4, -0.2) is 16.9 Å². The van der Waals surface area contributed by atoms with Gasteiger partial charge in [-0.1, -0.05) is 28.1 Å². The van der Waals surface area contributed by atoms with E-state index < -0.39 is 5.97 Å². The van der Waals surface area contributed by atoms with Crippen LogP contribution in [0.3, 0.4) is 0 Å². The summed E-state index contributed by atoms with van der Waals surface area (Å²) in [6.45, 7) is 1.66. The lowest BCUT2D eigenvalue weighted by molar-refractivity contribution is 0.0691. The number of carbonyl (C=O) groups is 2. The average Bonchev–Trinajstić information content (AvgIpc) is 2.46. The summed E-state index contributed by atoms with van der Waals surface area (Å²) in [5.41, 5.74) is 1.10. The number of carboxylic acid groups (broad SMARTS) is 1. The molecule has 2 aromatic rings. The van der Waals surface area contributed by atoms with Crippen molar-refractivity contribution in [1.29, 1.82) is 0 Å². The number of hydrogen-bond acceptors (Lipinski definition) is 3. The van der Waals surface area contributed by atoms with E-state index in [0.717, 1.165) is 10.0 Å². The molecule has 0 spiro atoms. The summed E-state index contributed by atoms with van der Waals surface area (Å²) in [5.74, 6) is -1.01. The van der Waals surface area contributed by atoms with Crippen LogP contribution in [0.2, 0.25) is 0 Å². The Hall–Kier alpha value is -2.14. The molecule has 0 saturated heterocycles. The van der Waals surface area contributed by atoms with Gasteiger partial charge in [0.2, 0.25) is 0 Å². The number of benzene rings is 2. The molecule has 0 aromatic heterocycles. The van der Waals surface area contributed by atoms with Crippen molar-refractivity contribution in [3.63, 3.8) is 0 Å². The molecule has 0 aliphatic carbocycles. The SMILES string of the molecule is CC(=O)c1ccc(OCc2ccc(Br)cc2)cc1C(=O)O. The maximum atomic E-state index is 11.4. The molecule has 0 heterocycles. The minimum Gasteiger partial charge on any atom is -0.489 e. The summed E-state index contributed by atoms with van der Waals surface area (Å²) in [6.07, 6.45) is 0. The van der Waals surface area contributed by atoms with Gasteiger partial charge in [0.05, 0.1) is 5.56 Å². The second-order valence-electron chi connectivity index (χ2n) is 4.48. The highest BCUT2D eigenvalue weighted by molar-refractivity contribution is 9.10. The Balaban J connectivity index is 2.17. The third kappa shape index (κ3) is 3.92. The molecule has 0 bridgehead atoms. The van der Waals surface area contributed by atoms with Gasteiger partial charge < -0.3 is 9.84 Å². The number of ketones is 1. The van der Waals surface area contributed by atoms with E-state index in [1.165, 1.54) is 19.1 Å². The van der Waals surface area contributed by atoms with Crippen LogP contribution in [0.1, 0.15) is 33.2 Å². The maximum absolute atomic E-state index is 11.4. The summed E-state index contributed by atoms with van der Waals surface area (Å²) in [5, 5.41) is 9.14. The van der Waals surface area contributed by atoms with Crippen LogP contribution in [-0.2, 0) is 6.61 Å². The number of rotatable bonds is 5. The molecule has 4 nitrogen and oxygen atoms in total. The van der Waals surface area contributed by atoms with Gasteiger partial charge in [0, 0.05) is 10.0 Å². The lowest BCUT2D eigenvalue weighted by Crippen LogP contribution is -2.07. The molecule has 0 fully saturated rings. The van der Waals surface area contributed by atoms with Gasteiger partial charge in [0.25, 0.3) is 0 Å². The van der Waals surface area contributed by atoms with Crippen molar-refractivity contribution in [2.75, 3.05) is 0 Å². The van der Waals surface area contributed by atoms with Gasteiger partial charge >= 0.3 is 5.97 Å². The molecule has 0 atom stereocenters. The number of ether oxygens (including phenoxy) is 1. The van der Waals surface area contributed by atoms with Crippen LogP contribution >= 0.6 is 15.9 Å². The molecule has 0 amide bonds. The van der Waals surface area contributed by atoms with Gasteiger partial charge in [-0.3, -0.25) is 4.79 Å². The van der Waals surface area contributed by atoms with Gasteiger partial charge in [-0.25, -0.2) is 4.79 Å². The Morgan fingerprint density at radius 1 is 1.10 bits per heavy atom. The van der Waals surface area contributed by atoms with Crippen molar-refractivity contribution in [2.45, 2.75) is 13.5 Å². The second kappa shape index (κ2) is 6.54. The summed E-state index contributed by atoms with van der Waals surface area (Å²) in [6, 6.07) is 12.1. The first-order chi connectivity index (χ1) is 9.97. The molecule has 2 aromatic carbocycles. The van der Waals surface area contributed by atoms with Gasteiger partial charge in [0.1, 0.15) is 12.4 Å². The van der Waals surface area contributed by atoms with Crippen LogP contribution in [0.25, 0.3) is 0 Å². The van der Waals surface area contributed by atoms with Gasteiger partial charge in [-0.05, 0) is 42.8 Å². The summed E-state index contributed by atoms with van der Waals surface area (Å²) < 4.78 is 6.54. The molecule has 108 valence electrons. The van der Waals surface area contributed by atoms with Crippen molar-refractivity contribution in [3.05, 3.63) is 63.6 Å². The summed E-state index contributed by atoms with van der Waals surface area (Å²) in [4.78, 5) is 22.6. The quantitative estimate of drug-likeness (QED) is 0.831. The van der Waals surface area contributed by atoms with E-state index in [9.17, 15) is 9.59 Å². The average molecular weight is 349 g/mol. The standard InChI is InChI=1S/C16H13BrO4/c1-10(18)14-7-6-13(8-15(14)16(19)20)21-9-11-2-4-12(17)5-3-11/h2-8H,9H2,1H3,(H,19,20). The molecule has 1 N–H and O–H groups in total. The van der Waals surface area contributed by atoms with Crippen LogP contribution in [0.4, 0.5) is 0 Å². The Kier molecular flexibility index (Phi) is 4.75.